The van der Waals surface area contributed by atoms with Gasteiger partial charge in [0, 0.05) is 18.9 Å². The van der Waals surface area contributed by atoms with E-state index in [1.807, 2.05) is 20.8 Å². The van der Waals surface area contributed by atoms with E-state index in [9.17, 15) is 4.79 Å². The van der Waals surface area contributed by atoms with Gasteiger partial charge >= 0.3 is 6.09 Å². The van der Waals surface area contributed by atoms with Crippen molar-refractivity contribution in [3.63, 3.8) is 0 Å². The minimum atomic E-state index is -1.98. The summed E-state index contributed by atoms with van der Waals surface area (Å²) in [5, 5.41) is 0.0746. The molecule has 1 aromatic heterocycles. The predicted molar refractivity (Wildman–Crippen MR) is 109 cm³/mol. The Morgan fingerprint density at radius 2 is 1.85 bits per heavy atom. The highest BCUT2D eigenvalue weighted by Crippen LogP contribution is 2.37. The van der Waals surface area contributed by atoms with Crippen LogP contribution in [-0.2, 0) is 9.16 Å². The molecule has 0 aliphatic carbocycles. The first-order valence-electron chi connectivity index (χ1n) is 8.95. The molecule has 1 rings (SSSR count). The van der Waals surface area contributed by atoms with Crippen LogP contribution in [0, 0.1) is 0 Å². The van der Waals surface area contributed by atoms with Crippen LogP contribution in [0.4, 0.5) is 10.5 Å². The first kappa shape index (κ1) is 22.4. The third-order valence-corrected chi connectivity index (χ3v) is 9.20. The number of nitrogen functional groups attached to an aromatic ring is 1. The third-order valence-electron chi connectivity index (χ3n) is 4.70. The van der Waals surface area contributed by atoms with Gasteiger partial charge in [0.1, 0.15) is 5.60 Å². The molecule has 7 heteroatoms. The van der Waals surface area contributed by atoms with Crippen molar-refractivity contribution in [1.29, 1.82) is 0 Å². The van der Waals surface area contributed by atoms with Crippen molar-refractivity contribution < 1.29 is 14.0 Å². The Bertz CT molecular complexity index is 621. The lowest BCUT2D eigenvalue weighted by Gasteiger charge is -2.38. The van der Waals surface area contributed by atoms with Crippen LogP contribution in [0.1, 0.15) is 53.3 Å². The molecule has 1 amide bonds. The smallest absolute Gasteiger partial charge is 0.410 e. The number of rotatable bonds is 5. The second kappa shape index (κ2) is 7.96. The van der Waals surface area contributed by atoms with Crippen molar-refractivity contribution >= 4 is 20.1 Å². The maximum atomic E-state index is 12.6. The van der Waals surface area contributed by atoms with E-state index < -0.39 is 20.0 Å². The largest absolute Gasteiger partial charge is 0.444 e. The number of nitrogens with zero attached hydrogens (tertiary/aromatic N) is 2. The highest BCUT2D eigenvalue weighted by molar-refractivity contribution is 6.74. The zero-order valence-electron chi connectivity index (χ0n) is 17.7. The summed E-state index contributed by atoms with van der Waals surface area (Å²) in [5.74, 6) is 0. The summed E-state index contributed by atoms with van der Waals surface area (Å²) in [6.07, 6.45) is 1.23. The van der Waals surface area contributed by atoms with Gasteiger partial charge in [-0.3, -0.25) is 4.98 Å². The van der Waals surface area contributed by atoms with Crippen LogP contribution in [0.3, 0.4) is 0 Å². The summed E-state index contributed by atoms with van der Waals surface area (Å²) >= 11 is 0. The van der Waals surface area contributed by atoms with Gasteiger partial charge in [0.2, 0.25) is 0 Å². The van der Waals surface area contributed by atoms with Crippen molar-refractivity contribution in [2.24, 2.45) is 0 Å². The van der Waals surface area contributed by atoms with E-state index in [0.717, 1.165) is 0 Å². The van der Waals surface area contributed by atoms with E-state index >= 15 is 0 Å². The Balaban J connectivity index is 3.09. The van der Waals surface area contributed by atoms with Gasteiger partial charge < -0.3 is 19.8 Å². The number of carbonyl (C=O) groups is 1. The molecule has 0 unspecified atom stereocenters. The number of carbonyl (C=O) groups excluding carboxylic acids is 1. The maximum absolute atomic E-state index is 12.6. The molecule has 1 heterocycles. The van der Waals surface area contributed by atoms with Crippen LogP contribution in [0.15, 0.2) is 18.3 Å². The van der Waals surface area contributed by atoms with Crippen LogP contribution in [0.2, 0.25) is 18.1 Å². The molecular formula is C19H35N3O3Si. The molecule has 26 heavy (non-hydrogen) atoms. The number of anilines is 1. The van der Waals surface area contributed by atoms with Crippen LogP contribution in [-0.4, -0.2) is 43.6 Å². The highest BCUT2D eigenvalue weighted by Gasteiger charge is 2.39. The van der Waals surface area contributed by atoms with Crippen molar-refractivity contribution in [2.45, 2.75) is 71.3 Å². The van der Waals surface area contributed by atoms with E-state index in [1.165, 1.54) is 0 Å². The minimum Gasteiger partial charge on any atom is -0.444 e. The number of likely N-dealkylation sites (N-methyl/N-ethyl adjacent to an activating group) is 1. The second-order valence-electron chi connectivity index (χ2n) is 9.19. The summed E-state index contributed by atoms with van der Waals surface area (Å²) in [7, 11) is -0.272. The van der Waals surface area contributed by atoms with E-state index in [2.05, 4.69) is 38.8 Å². The first-order valence-corrected chi connectivity index (χ1v) is 11.9. The fourth-order valence-corrected chi connectivity index (χ4v) is 3.02. The molecule has 0 bridgehead atoms. The number of ether oxygens (including phenoxy) is 1. The minimum absolute atomic E-state index is 0.0746. The molecule has 148 valence electrons. The first-order chi connectivity index (χ1) is 11.6. The molecule has 6 nitrogen and oxygen atoms in total. The Kier molecular flexibility index (Phi) is 6.87. The van der Waals surface area contributed by atoms with Gasteiger partial charge in [0.05, 0.1) is 18.3 Å². The van der Waals surface area contributed by atoms with Gasteiger partial charge in [-0.2, -0.15) is 0 Å². The number of hydrogen-bond donors (Lipinski definition) is 1. The van der Waals surface area contributed by atoms with Gasteiger partial charge in [-0.25, -0.2) is 4.79 Å². The SMILES string of the molecule is CN(C(=O)OC(C)(C)C)[C@@H](CO[Si](C)(C)C(C)(C)C)c1cc(N)ccn1. The van der Waals surface area contributed by atoms with E-state index in [4.69, 9.17) is 14.9 Å². The normalized spacial score (nSPS) is 14.0. The zero-order valence-corrected chi connectivity index (χ0v) is 18.7. The number of pyridine rings is 1. The van der Waals surface area contributed by atoms with Crippen LogP contribution < -0.4 is 5.73 Å². The fraction of sp³-hybridized carbons (Fsp3) is 0.684. The lowest BCUT2D eigenvalue weighted by molar-refractivity contribution is 0.0161. The molecule has 2 N–H and O–H groups in total. The Morgan fingerprint density at radius 1 is 1.27 bits per heavy atom. The van der Waals surface area contributed by atoms with Gasteiger partial charge in [-0.15, -0.1) is 0 Å². The standard InChI is InChI=1S/C19H35N3O3Si/c1-18(2,3)25-17(23)22(7)16(15-12-14(20)10-11-21-15)13-24-26(8,9)19(4,5)6/h10-12,16H,13H2,1-9H3,(H2,20,21)/t16-/m0/s1. The topological polar surface area (TPSA) is 77.7 Å². The lowest BCUT2D eigenvalue weighted by atomic mass is 10.1. The average molecular weight is 382 g/mol. The Hall–Kier alpha value is -1.60. The summed E-state index contributed by atoms with van der Waals surface area (Å²) < 4.78 is 11.9. The molecule has 1 atom stereocenters. The molecule has 0 fully saturated rings. The van der Waals surface area contributed by atoms with E-state index in [1.54, 1.807) is 30.3 Å². The molecule has 0 radical (unpaired) electrons. The van der Waals surface area contributed by atoms with E-state index in [-0.39, 0.29) is 11.1 Å². The number of amides is 1. The van der Waals surface area contributed by atoms with Crippen LogP contribution in [0.5, 0.6) is 0 Å². The van der Waals surface area contributed by atoms with Crippen molar-refractivity contribution in [1.82, 2.24) is 9.88 Å². The van der Waals surface area contributed by atoms with Crippen molar-refractivity contribution in [3.05, 3.63) is 24.0 Å². The number of nitrogens with two attached hydrogens (primary N) is 1. The number of hydrogen-bond acceptors (Lipinski definition) is 5. The zero-order chi connectivity index (χ0) is 20.3. The van der Waals surface area contributed by atoms with Gasteiger partial charge in [0.15, 0.2) is 8.32 Å². The molecule has 0 aromatic carbocycles. The maximum Gasteiger partial charge on any atom is 0.410 e. The molecule has 0 saturated heterocycles. The summed E-state index contributed by atoms with van der Waals surface area (Å²) in [6, 6.07) is 3.13. The van der Waals surface area contributed by atoms with Crippen LogP contribution in [0.25, 0.3) is 0 Å². The third kappa shape index (κ3) is 6.28. The van der Waals surface area contributed by atoms with Gasteiger partial charge in [-0.05, 0) is 51.0 Å². The second-order valence-corrected chi connectivity index (χ2v) is 14.0. The molecule has 0 aliphatic rings. The predicted octanol–water partition coefficient (Wildman–Crippen LogP) is 4.59. The summed E-state index contributed by atoms with van der Waals surface area (Å²) in [6.45, 7) is 16.8. The van der Waals surface area contributed by atoms with Gasteiger partial charge in [-0.1, -0.05) is 20.8 Å². The highest BCUT2D eigenvalue weighted by atomic mass is 28.4. The fourth-order valence-electron chi connectivity index (χ4n) is 2.01. The molecule has 1 aromatic rings. The number of aromatic nitrogens is 1. The van der Waals surface area contributed by atoms with E-state index in [0.29, 0.717) is 18.0 Å². The molecule has 0 aliphatic heterocycles. The quantitative estimate of drug-likeness (QED) is 0.755. The van der Waals surface area contributed by atoms with Crippen molar-refractivity contribution in [3.8, 4) is 0 Å². The lowest BCUT2D eigenvalue weighted by Crippen LogP contribution is -2.45. The van der Waals surface area contributed by atoms with Crippen molar-refractivity contribution in [2.75, 3.05) is 19.4 Å². The Labute approximate surface area is 159 Å². The van der Waals surface area contributed by atoms with Crippen LogP contribution >= 0.6 is 0 Å². The van der Waals surface area contributed by atoms with Gasteiger partial charge in [0.25, 0.3) is 0 Å². The monoisotopic (exact) mass is 381 g/mol. The Morgan fingerprint density at radius 3 is 2.31 bits per heavy atom. The molecule has 0 spiro atoms. The summed E-state index contributed by atoms with van der Waals surface area (Å²) in [4.78, 5) is 18.5. The molecular weight excluding hydrogens is 346 g/mol. The average Bonchev–Trinajstić information content (AvgIpc) is 2.44. The molecule has 0 saturated carbocycles. The summed E-state index contributed by atoms with van der Waals surface area (Å²) in [5.41, 5.74) is 6.64.